The van der Waals surface area contributed by atoms with Crippen molar-refractivity contribution in [1.29, 1.82) is 0 Å². The van der Waals surface area contributed by atoms with Crippen molar-refractivity contribution in [1.82, 2.24) is 0 Å². The Balaban J connectivity index is 1.57. The van der Waals surface area contributed by atoms with Gasteiger partial charge in [-0.05, 0) is 99.2 Å². The summed E-state index contributed by atoms with van der Waals surface area (Å²) in [7, 11) is 0. The monoisotopic (exact) mass is 456 g/mol. The maximum Gasteiger partial charge on any atom is 0.138 e. The van der Waals surface area contributed by atoms with Gasteiger partial charge in [0.1, 0.15) is 5.78 Å². The summed E-state index contributed by atoms with van der Waals surface area (Å²) in [5.74, 6) is 2.12. The lowest BCUT2D eigenvalue weighted by atomic mass is 9.43. The van der Waals surface area contributed by atoms with Crippen molar-refractivity contribution in [2.75, 3.05) is 0 Å². The van der Waals surface area contributed by atoms with Gasteiger partial charge in [-0.15, -0.1) is 0 Å². The highest BCUT2D eigenvalue weighted by molar-refractivity contribution is 5.85. The minimum absolute atomic E-state index is 0.0748. The predicted molar refractivity (Wildman–Crippen MR) is 133 cm³/mol. The van der Waals surface area contributed by atoms with Crippen LogP contribution in [0.1, 0.15) is 113 Å². The van der Waals surface area contributed by atoms with Crippen LogP contribution in [0.15, 0.2) is 11.1 Å². The molecule has 186 valence electrons. The molecule has 3 heteroatoms. The first kappa shape index (κ1) is 24.0. The Kier molecular flexibility index (Phi) is 5.24. The Bertz CT molecular complexity index is 877. The lowest BCUT2D eigenvalue weighted by Crippen LogP contribution is -2.54. The summed E-state index contributed by atoms with van der Waals surface area (Å²) in [5.41, 5.74) is 3.04. The number of rotatable bonds is 1. The number of carbonyl (C=O) groups is 1. The highest BCUT2D eigenvalue weighted by Crippen LogP contribution is 2.73. The SMILES string of the molecule is C[C@H]1CC[C@H](C(C)(C)O)O[C@H]2C[C@@]3(C)C4=C(CC[C@]3(C)[C@@H]21)[C@@]1(C)CCC(=O)C(C)(C)[C@H]1CC4. The van der Waals surface area contributed by atoms with Gasteiger partial charge < -0.3 is 9.84 Å². The molecule has 1 heterocycles. The zero-order valence-electron chi connectivity index (χ0n) is 22.5. The molecule has 5 rings (SSSR count). The molecule has 0 bridgehead atoms. The average molecular weight is 457 g/mol. The minimum atomic E-state index is -0.791. The molecule has 3 fully saturated rings. The van der Waals surface area contributed by atoms with Crippen molar-refractivity contribution in [3.05, 3.63) is 11.1 Å². The molecular weight excluding hydrogens is 408 g/mol. The van der Waals surface area contributed by atoms with Gasteiger partial charge in [-0.25, -0.2) is 0 Å². The van der Waals surface area contributed by atoms with Gasteiger partial charge in [-0.1, -0.05) is 52.7 Å². The molecular formula is C30H48O3. The Labute approximate surface area is 202 Å². The molecule has 1 N–H and O–H groups in total. The summed E-state index contributed by atoms with van der Waals surface area (Å²) in [6, 6.07) is 0. The molecule has 1 saturated heterocycles. The summed E-state index contributed by atoms with van der Waals surface area (Å²) in [6.45, 7) is 18.4. The Morgan fingerprint density at radius 1 is 0.939 bits per heavy atom. The summed E-state index contributed by atoms with van der Waals surface area (Å²) >= 11 is 0. The molecule has 8 atom stereocenters. The molecule has 0 aromatic rings. The first-order valence-corrected chi connectivity index (χ1v) is 13.8. The van der Waals surface area contributed by atoms with Gasteiger partial charge in [0.05, 0.1) is 17.8 Å². The fourth-order valence-corrected chi connectivity index (χ4v) is 10.1. The van der Waals surface area contributed by atoms with Crippen molar-refractivity contribution >= 4 is 5.78 Å². The largest absolute Gasteiger partial charge is 0.388 e. The fraction of sp³-hybridized carbons (Fsp3) is 0.900. The van der Waals surface area contributed by atoms with Crippen LogP contribution in [0.25, 0.3) is 0 Å². The zero-order chi connectivity index (χ0) is 24.2. The van der Waals surface area contributed by atoms with E-state index >= 15 is 0 Å². The first-order valence-electron chi connectivity index (χ1n) is 13.8. The van der Waals surface area contributed by atoms with Crippen LogP contribution in [0.5, 0.6) is 0 Å². The van der Waals surface area contributed by atoms with E-state index in [4.69, 9.17) is 4.74 Å². The molecule has 1 aliphatic heterocycles. The van der Waals surface area contributed by atoms with Crippen molar-refractivity contribution < 1.29 is 14.6 Å². The molecule has 0 amide bonds. The van der Waals surface area contributed by atoms with E-state index in [0.29, 0.717) is 23.5 Å². The van der Waals surface area contributed by atoms with E-state index in [1.165, 1.54) is 12.8 Å². The second-order valence-electron chi connectivity index (χ2n) is 14.5. The zero-order valence-corrected chi connectivity index (χ0v) is 22.5. The molecule has 5 aliphatic rings. The van der Waals surface area contributed by atoms with Crippen LogP contribution in [-0.4, -0.2) is 28.7 Å². The van der Waals surface area contributed by atoms with Gasteiger partial charge in [0.15, 0.2) is 0 Å². The second-order valence-corrected chi connectivity index (χ2v) is 14.5. The number of fused-ring (bicyclic) bond motifs is 6. The number of carbonyl (C=O) groups excluding carboxylic acids is 1. The third-order valence-electron chi connectivity index (χ3n) is 12.2. The van der Waals surface area contributed by atoms with Crippen molar-refractivity contribution in [3.63, 3.8) is 0 Å². The van der Waals surface area contributed by atoms with Crippen LogP contribution >= 0.6 is 0 Å². The summed E-state index contributed by atoms with van der Waals surface area (Å²) < 4.78 is 6.83. The van der Waals surface area contributed by atoms with E-state index < -0.39 is 5.60 Å². The van der Waals surface area contributed by atoms with Crippen LogP contribution in [0.4, 0.5) is 0 Å². The smallest absolute Gasteiger partial charge is 0.138 e. The molecule has 0 spiro atoms. The van der Waals surface area contributed by atoms with Gasteiger partial charge in [0.25, 0.3) is 0 Å². The van der Waals surface area contributed by atoms with Crippen LogP contribution < -0.4 is 0 Å². The lowest BCUT2D eigenvalue weighted by molar-refractivity contribution is -0.139. The summed E-state index contributed by atoms with van der Waals surface area (Å²) in [6.07, 6.45) is 9.86. The highest BCUT2D eigenvalue weighted by Gasteiger charge is 2.66. The molecule has 4 aliphatic carbocycles. The quantitative estimate of drug-likeness (QED) is 0.438. The van der Waals surface area contributed by atoms with E-state index in [1.807, 2.05) is 13.8 Å². The molecule has 0 radical (unpaired) electrons. The number of aliphatic hydroxyl groups is 1. The predicted octanol–water partition coefficient (Wildman–Crippen LogP) is 6.87. The van der Waals surface area contributed by atoms with Crippen LogP contribution in [0.3, 0.4) is 0 Å². The lowest BCUT2D eigenvalue weighted by Gasteiger charge is -2.60. The molecule has 0 unspecified atom stereocenters. The highest BCUT2D eigenvalue weighted by atomic mass is 16.5. The Morgan fingerprint density at radius 2 is 1.64 bits per heavy atom. The Morgan fingerprint density at radius 3 is 2.30 bits per heavy atom. The van der Waals surface area contributed by atoms with Gasteiger partial charge in [0.2, 0.25) is 0 Å². The van der Waals surface area contributed by atoms with E-state index in [1.54, 1.807) is 11.1 Å². The van der Waals surface area contributed by atoms with E-state index in [9.17, 15) is 9.90 Å². The maximum absolute atomic E-state index is 12.9. The number of hydrogen-bond acceptors (Lipinski definition) is 3. The van der Waals surface area contributed by atoms with E-state index in [2.05, 4.69) is 41.5 Å². The summed E-state index contributed by atoms with van der Waals surface area (Å²) in [4.78, 5) is 12.9. The number of allylic oxidation sites excluding steroid dienone is 2. The van der Waals surface area contributed by atoms with Crippen LogP contribution in [0, 0.1) is 39.4 Å². The Hall–Kier alpha value is -0.670. The molecule has 3 nitrogen and oxygen atoms in total. The average Bonchev–Trinajstić information content (AvgIpc) is 2.81. The van der Waals surface area contributed by atoms with Gasteiger partial charge in [-0.2, -0.15) is 0 Å². The first-order chi connectivity index (χ1) is 15.2. The number of hydrogen-bond donors (Lipinski definition) is 1. The normalized spacial score (nSPS) is 49.6. The molecule has 33 heavy (non-hydrogen) atoms. The topological polar surface area (TPSA) is 46.5 Å². The van der Waals surface area contributed by atoms with Crippen LogP contribution in [0.2, 0.25) is 0 Å². The molecule has 2 saturated carbocycles. The number of Topliss-reactive ketones (excluding diaryl/α,β-unsaturated/α-hetero) is 1. The van der Waals surface area contributed by atoms with Gasteiger partial charge in [0, 0.05) is 11.8 Å². The minimum Gasteiger partial charge on any atom is -0.388 e. The number of ether oxygens (including phenoxy) is 1. The van der Waals surface area contributed by atoms with Crippen molar-refractivity contribution in [3.8, 4) is 0 Å². The molecule has 0 aromatic carbocycles. The maximum atomic E-state index is 12.9. The van der Waals surface area contributed by atoms with E-state index in [0.717, 1.165) is 44.9 Å². The third-order valence-corrected chi connectivity index (χ3v) is 12.2. The van der Waals surface area contributed by atoms with E-state index in [-0.39, 0.29) is 33.9 Å². The van der Waals surface area contributed by atoms with Gasteiger partial charge >= 0.3 is 0 Å². The third kappa shape index (κ3) is 3.09. The molecule has 0 aromatic heterocycles. The van der Waals surface area contributed by atoms with Crippen LogP contribution in [-0.2, 0) is 9.53 Å². The fourth-order valence-electron chi connectivity index (χ4n) is 10.1. The number of ketones is 1. The van der Waals surface area contributed by atoms with Crippen molar-refractivity contribution in [2.45, 2.75) is 131 Å². The second kappa shape index (κ2) is 7.19. The standard InChI is InChI=1S/C30H48O3/c1-18-9-12-24(27(4,5)32)33-21-17-30(8)20-10-11-22-26(2,3)23(31)14-15-28(22,6)19(20)13-16-29(30,7)25(18)21/h18,21-22,24-25,32H,9-17H2,1-8H3/t18-,21-,22+,24+,25+,28+,29+,30-/m0/s1. The van der Waals surface area contributed by atoms with Crippen molar-refractivity contribution in [2.24, 2.45) is 39.4 Å². The summed E-state index contributed by atoms with van der Waals surface area (Å²) in [5, 5.41) is 10.8. The van der Waals surface area contributed by atoms with Gasteiger partial charge in [-0.3, -0.25) is 4.79 Å².